The maximum absolute atomic E-state index is 13.3. The van der Waals surface area contributed by atoms with Crippen molar-refractivity contribution < 1.29 is 17.2 Å². The molecule has 0 spiro atoms. The van der Waals surface area contributed by atoms with E-state index in [1.54, 1.807) is 0 Å². The molecule has 0 bridgehead atoms. The van der Waals surface area contributed by atoms with Crippen LogP contribution in [0.4, 0.5) is 8.78 Å². The molecule has 0 amide bonds. The van der Waals surface area contributed by atoms with Crippen LogP contribution in [0.15, 0.2) is 23.1 Å². The summed E-state index contributed by atoms with van der Waals surface area (Å²) in [6.07, 6.45) is 1.95. The van der Waals surface area contributed by atoms with E-state index in [4.69, 9.17) is 11.6 Å². The Morgan fingerprint density at radius 1 is 1.39 bits per heavy atom. The summed E-state index contributed by atoms with van der Waals surface area (Å²) in [5.41, 5.74) is 0. The number of hydrogen-bond donors (Lipinski definition) is 1. The lowest BCUT2D eigenvalue weighted by Crippen LogP contribution is -2.31. The zero-order chi connectivity index (χ0) is 13.3. The van der Waals surface area contributed by atoms with Gasteiger partial charge in [0.15, 0.2) is 0 Å². The summed E-state index contributed by atoms with van der Waals surface area (Å²) in [5.74, 6) is -1.48. The first-order valence-corrected chi connectivity index (χ1v) is 7.41. The Balaban J connectivity index is 2.11. The first-order valence-electron chi connectivity index (χ1n) is 5.49. The molecule has 0 saturated heterocycles. The fourth-order valence-electron chi connectivity index (χ4n) is 1.57. The van der Waals surface area contributed by atoms with E-state index >= 15 is 0 Å². The van der Waals surface area contributed by atoms with Crippen molar-refractivity contribution in [2.24, 2.45) is 5.92 Å². The molecule has 1 atom stereocenters. The Hall–Kier alpha value is -0.720. The molecule has 1 aliphatic carbocycles. The average Bonchev–Trinajstić information content (AvgIpc) is 3.13. The van der Waals surface area contributed by atoms with Gasteiger partial charge in [0.2, 0.25) is 10.0 Å². The highest BCUT2D eigenvalue weighted by Gasteiger charge is 2.31. The first-order chi connectivity index (χ1) is 8.40. The normalized spacial score (nSPS) is 17.7. The molecule has 7 heteroatoms. The molecule has 1 N–H and O–H groups in total. The summed E-state index contributed by atoms with van der Waals surface area (Å²) in [4.78, 5) is -0.692. The van der Waals surface area contributed by atoms with Crippen molar-refractivity contribution in [3.63, 3.8) is 0 Å². The second-order valence-corrected chi connectivity index (χ2v) is 6.58. The molecule has 1 aliphatic rings. The van der Waals surface area contributed by atoms with Gasteiger partial charge in [-0.25, -0.2) is 21.9 Å². The number of sulfonamides is 1. The molecule has 100 valence electrons. The van der Waals surface area contributed by atoms with E-state index in [0.29, 0.717) is 12.0 Å². The molecule has 2 rings (SSSR count). The van der Waals surface area contributed by atoms with E-state index in [-0.39, 0.29) is 11.9 Å². The summed E-state index contributed by atoms with van der Waals surface area (Å²) in [5, 5.41) is -0.309. The average molecular weight is 296 g/mol. The van der Waals surface area contributed by atoms with Crippen molar-refractivity contribution in [3.05, 3.63) is 29.8 Å². The predicted octanol–water partition coefficient (Wildman–Crippen LogP) is 2.26. The maximum atomic E-state index is 13.3. The van der Waals surface area contributed by atoms with Crippen LogP contribution in [0.5, 0.6) is 0 Å². The summed E-state index contributed by atoms with van der Waals surface area (Å²) >= 11 is 5.95. The van der Waals surface area contributed by atoms with Gasteiger partial charge in [-0.05, 0) is 37.0 Å². The molecule has 3 nitrogen and oxygen atoms in total. The van der Waals surface area contributed by atoms with E-state index < -0.39 is 26.6 Å². The van der Waals surface area contributed by atoms with E-state index in [0.717, 1.165) is 25.0 Å². The SMILES string of the molecule is O=S(=O)(NCC(Cl)C1CC1)c1cc(F)ccc1F. The third-order valence-electron chi connectivity index (χ3n) is 2.78. The van der Waals surface area contributed by atoms with Crippen molar-refractivity contribution >= 4 is 21.6 Å². The van der Waals surface area contributed by atoms with Gasteiger partial charge in [-0.15, -0.1) is 11.6 Å². The maximum Gasteiger partial charge on any atom is 0.243 e. The minimum atomic E-state index is -4.06. The predicted molar refractivity (Wildman–Crippen MR) is 63.9 cm³/mol. The Bertz CT molecular complexity index is 546. The number of benzene rings is 1. The largest absolute Gasteiger partial charge is 0.243 e. The summed E-state index contributed by atoms with van der Waals surface area (Å²) in [6, 6.07) is 2.30. The van der Waals surface area contributed by atoms with Gasteiger partial charge >= 0.3 is 0 Å². The number of hydrogen-bond acceptors (Lipinski definition) is 2. The monoisotopic (exact) mass is 295 g/mol. The van der Waals surface area contributed by atoms with E-state index in [2.05, 4.69) is 4.72 Å². The Morgan fingerprint density at radius 3 is 2.67 bits per heavy atom. The standard InChI is InChI=1S/C11H12ClF2NO2S/c12-9(7-1-2-7)6-15-18(16,17)11-5-8(13)3-4-10(11)14/h3-5,7,9,15H,1-2,6H2. The van der Waals surface area contributed by atoms with Gasteiger partial charge in [0, 0.05) is 11.9 Å². The molecule has 1 aromatic rings. The number of nitrogens with one attached hydrogen (secondary N) is 1. The van der Waals surface area contributed by atoms with Crippen LogP contribution in [0.25, 0.3) is 0 Å². The van der Waals surface area contributed by atoms with Crippen molar-refractivity contribution in [2.75, 3.05) is 6.54 Å². The summed E-state index contributed by atoms with van der Waals surface area (Å²) in [6.45, 7) is 0.0184. The van der Waals surface area contributed by atoms with Crippen LogP contribution in [0.3, 0.4) is 0 Å². The Morgan fingerprint density at radius 2 is 2.06 bits per heavy atom. The molecule has 18 heavy (non-hydrogen) atoms. The van der Waals surface area contributed by atoms with Crippen molar-refractivity contribution in [1.29, 1.82) is 0 Å². The van der Waals surface area contributed by atoms with E-state index in [9.17, 15) is 17.2 Å². The fourth-order valence-corrected chi connectivity index (χ4v) is 3.14. The van der Waals surface area contributed by atoms with Gasteiger partial charge in [0.1, 0.15) is 16.5 Å². The minimum Gasteiger partial charge on any atom is -0.210 e. The van der Waals surface area contributed by atoms with Crippen molar-refractivity contribution in [2.45, 2.75) is 23.1 Å². The highest BCUT2D eigenvalue weighted by molar-refractivity contribution is 7.89. The lowest BCUT2D eigenvalue weighted by Gasteiger charge is -2.11. The third-order valence-corrected chi connectivity index (χ3v) is 4.73. The van der Waals surface area contributed by atoms with Gasteiger partial charge in [-0.3, -0.25) is 0 Å². The summed E-state index contributed by atoms with van der Waals surface area (Å²) in [7, 11) is -4.06. The van der Waals surface area contributed by atoms with Crippen LogP contribution in [0.1, 0.15) is 12.8 Å². The lowest BCUT2D eigenvalue weighted by atomic mass is 10.3. The quantitative estimate of drug-likeness (QED) is 0.847. The number of alkyl halides is 1. The van der Waals surface area contributed by atoms with E-state index in [1.807, 2.05) is 0 Å². The van der Waals surface area contributed by atoms with Crippen LogP contribution in [0.2, 0.25) is 0 Å². The summed E-state index contributed by atoms with van der Waals surface area (Å²) < 4.78 is 52.0. The molecular formula is C11H12ClF2NO2S. The van der Waals surface area contributed by atoms with E-state index in [1.165, 1.54) is 0 Å². The van der Waals surface area contributed by atoms with Gasteiger partial charge in [-0.2, -0.15) is 0 Å². The van der Waals surface area contributed by atoms with Gasteiger partial charge in [-0.1, -0.05) is 0 Å². The lowest BCUT2D eigenvalue weighted by molar-refractivity contribution is 0.543. The molecular weight excluding hydrogens is 284 g/mol. The Labute approximate surface area is 109 Å². The second kappa shape index (κ2) is 5.11. The second-order valence-electron chi connectivity index (χ2n) is 4.28. The van der Waals surface area contributed by atoms with Crippen molar-refractivity contribution in [1.82, 2.24) is 4.72 Å². The van der Waals surface area contributed by atoms with Gasteiger partial charge in [0.25, 0.3) is 0 Å². The highest BCUT2D eigenvalue weighted by atomic mass is 35.5. The van der Waals surface area contributed by atoms with Gasteiger partial charge < -0.3 is 0 Å². The molecule has 0 heterocycles. The fraction of sp³-hybridized carbons (Fsp3) is 0.455. The zero-order valence-electron chi connectivity index (χ0n) is 9.37. The van der Waals surface area contributed by atoms with Crippen LogP contribution >= 0.6 is 11.6 Å². The highest BCUT2D eigenvalue weighted by Crippen LogP contribution is 2.35. The van der Waals surface area contributed by atoms with Crippen molar-refractivity contribution in [3.8, 4) is 0 Å². The van der Waals surface area contributed by atoms with Crippen LogP contribution < -0.4 is 4.72 Å². The zero-order valence-corrected chi connectivity index (χ0v) is 10.9. The van der Waals surface area contributed by atoms with Crippen LogP contribution in [0, 0.1) is 17.6 Å². The number of halogens is 3. The third kappa shape index (κ3) is 3.18. The molecule has 1 fully saturated rings. The molecule has 1 aromatic carbocycles. The Kier molecular flexibility index (Phi) is 3.89. The first kappa shape index (κ1) is 13.7. The smallest absolute Gasteiger partial charge is 0.210 e. The molecule has 0 aliphatic heterocycles. The van der Waals surface area contributed by atoms with Crippen LogP contribution in [-0.4, -0.2) is 20.3 Å². The number of rotatable bonds is 5. The van der Waals surface area contributed by atoms with Gasteiger partial charge in [0.05, 0.1) is 0 Å². The molecule has 0 radical (unpaired) electrons. The van der Waals surface area contributed by atoms with Crippen LogP contribution in [-0.2, 0) is 10.0 Å². The molecule has 1 unspecified atom stereocenters. The molecule has 1 saturated carbocycles. The topological polar surface area (TPSA) is 46.2 Å². The molecule has 0 aromatic heterocycles. The minimum absolute atomic E-state index is 0.0184.